The molecule has 0 unspecified atom stereocenters. The molecule has 112 valence electrons. The van der Waals surface area contributed by atoms with Crippen LogP contribution in [0.4, 0.5) is 5.69 Å². The zero-order valence-electron chi connectivity index (χ0n) is 13.1. The quantitative estimate of drug-likeness (QED) is 0.829. The van der Waals surface area contributed by atoms with E-state index < -0.39 is 0 Å². The first-order valence-corrected chi connectivity index (χ1v) is 7.13. The minimum atomic E-state index is 0.0266. The molecule has 0 aliphatic rings. The Balaban J connectivity index is 2.65. The Morgan fingerprint density at radius 2 is 1.85 bits per heavy atom. The maximum absolute atomic E-state index is 12.4. The van der Waals surface area contributed by atoms with Crippen molar-refractivity contribution in [3.63, 3.8) is 0 Å². The molecular weight excluding hydrogens is 250 g/mol. The normalized spacial score (nSPS) is 11.7. The Morgan fingerprint density at radius 1 is 1.25 bits per heavy atom. The summed E-state index contributed by atoms with van der Waals surface area (Å²) in [6, 6.07) is 9.78. The van der Waals surface area contributed by atoms with Gasteiger partial charge in [0, 0.05) is 18.8 Å². The molecule has 20 heavy (non-hydrogen) atoms. The Labute approximate surface area is 122 Å². The van der Waals surface area contributed by atoms with Gasteiger partial charge in [0.15, 0.2) is 0 Å². The minimum absolute atomic E-state index is 0.0266. The van der Waals surface area contributed by atoms with Gasteiger partial charge >= 0.3 is 0 Å². The summed E-state index contributed by atoms with van der Waals surface area (Å²) in [5, 5.41) is 0. The van der Waals surface area contributed by atoms with Crippen LogP contribution in [0.3, 0.4) is 0 Å². The molecule has 1 amide bonds. The van der Waals surface area contributed by atoms with Gasteiger partial charge in [-0.25, -0.2) is 0 Å². The number of nitrogens with zero attached hydrogens (tertiary/aromatic N) is 2. The molecule has 0 aromatic heterocycles. The van der Waals surface area contributed by atoms with E-state index in [2.05, 4.69) is 13.8 Å². The third-order valence-electron chi connectivity index (χ3n) is 3.34. The predicted octanol–water partition coefficient (Wildman–Crippen LogP) is 1.96. The number of anilines is 1. The van der Waals surface area contributed by atoms with E-state index in [1.807, 2.05) is 54.1 Å². The molecule has 1 rings (SSSR count). The summed E-state index contributed by atoms with van der Waals surface area (Å²) in [5.74, 6) is 0.119. The number of amides is 1. The van der Waals surface area contributed by atoms with Gasteiger partial charge in [0.1, 0.15) is 0 Å². The topological polar surface area (TPSA) is 49.6 Å². The Morgan fingerprint density at radius 3 is 2.35 bits per heavy atom. The van der Waals surface area contributed by atoms with Crippen molar-refractivity contribution >= 4 is 11.6 Å². The van der Waals surface area contributed by atoms with Gasteiger partial charge in [0.05, 0.1) is 6.54 Å². The number of hydrogen-bond donors (Lipinski definition) is 1. The van der Waals surface area contributed by atoms with Crippen LogP contribution in [-0.2, 0) is 4.79 Å². The number of carbonyl (C=O) groups excluding carboxylic acids is 1. The number of nitrogens with two attached hydrogens (primary N) is 1. The van der Waals surface area contributed by atoms with Crippen molar-refractivity contribution in [1.82, 2.24) is 4.90 Å². The first-order chi connectivity index (χ1) is 9.39. The van der Waals surface area contributed by atoms with E-state index in [0.717, 1.165) is 12.2 Å². The van der Waals surface area contributed by atoms with Crippen LogP contribution in [0.25, 0.3) is 0 Å². The first kappa shape index (κ1) is 16.7. The zero-order valence-corrected chi connectivity index (χ0v) is 13.1. The lowest BCUT2D eigenvalue weighted by atomic mass is 9.93. The number of rotatable bonds is 7. The highest BCUT2D eigenvalue weighted by molar-refractivity contribution is 5.94. The lowest BCUT2D eigenvalue weighted by Gasteiger charge is -2.30. The van der Waals surface area contributed by atoms with Crippen LogP contribution in [0.15, 0.2) is 30.3 Å². The smallest absolute Gasteiger partial charge is 0.241 e. The summed E-state index contributed by atoms with van der Waals surface area (Å²) in [6.45, 7) is 8.73. The summed E-state index contributed by atoms with van der Waals surface area (Å²) in [5.41, 5.74) is 6.72. The summed E-state index contributed by atoms with van der Waals surface area (Å²) in [7, 11) is 1.97. The van der Waals surface area contributed by atoms with E-state index >= 15 is 0 Å². The molecular formula is C16H27N3O. The number of likely N-dealkylation sites (N-methyl/N-ethyl adjacent to an activating group) is 2. The molecule has 0 aliphatic carbocycles. The molecule has 0 aliphatic heterocycles. The molecule has 1 aromatic rings. The number of hydrogen-bond acceptors (Lipinski definition) is 3. The minimum Gasteiger partial charge on any atom is -0.330 e. The third kappa shape index (κ3) is 4.94. The summed E-state index contributed by atoms with van der Waals surface area (Å²) >= 11 is 0. The van der Waals surface area contributed by atoms with E-state index in [0.29, 0.717) is 19.6 Å². The SMILES string of the molecule is CCN(C(=O)CN(C)CC(C)(C)CN)c1ccccc1. The van der Waals surface area contributed by atoms with E-state index in [4.69, 9.17) is 5.73 Å². The van der Waals surface area contributed by atoms with Gasteiger partial charge in [-0.15, -0.1) is 0 Å². The second kappa shape index (κ2) is 7.41. The van der Waals surface area contributed by atoms with E-state index in [9.17, 15) is 4.79 Å². The standard InChI is InChI=1S/C16H27N3O/c1-5-19(14-9-7-6-8-10-14)15(20)11-18(4)13-16(2,3)12-17/h6-10H,5,11-13,17H2,1-4H3. The lowest BCUT2D eigenvalue weighted by molar-refractivity contribution is -0.119. The Bertz CT molecular complexity index is 417. The number of benzene rings is 1. The Kier molecular flexibility index (Phi) is 6.17. The van der Waals surface area contributed by atoms with E-state index in [1.165, 1.54) is 0 Å². The summed E-state index contributed by atoms with van der Waals surface area (Å²) < 4.78 is 0. The van der Waals surface area contributed by atoms with Crippen LogP contribution in [0, 0.1) is 5.41 Å². The van der Waals surface area contributed by atoms with Crippen LogP contribution in [0.5, 0.6) is 0 Å². The summed E-state index contributed by atoms with van der Waals surface area (Å²) in [4.78, 5) is 16.3. The predicted molar refractivity (Wildman–Crippen MR) is 84.8 cm³/mol. The lowest BCUT2D eigenvalue weighted by Crippen LogP contribution is -2.43. The molecule has 0 saturated heterocycles. The molecule has 0 heterocycles. The molecule has 2 N–H and O–H groups in total. The maximum atomic E-state index is 12.4. The molecule has 0 spiro atoms. The van der Waals surface area contributed by atoms with Gasteiger partial charge in [-0.2, -0.15) is 0 Å². The second-order valence-corrected chi connectivity index (χ2v) is 6.01. The number of carbonyl (C=O) groups is 1. The van der Waals surface area contributed by atoms with Crippen LogP contribution in [0.2, 0.25) is 0 Å². The second-order valence-electron chi connectivity index (χ2n) is 6.01. The van der Waals surface area contributed by atoms with Gasteiger partial charge in [-0.3, -0.25) is 9.69 Å². The molecule has 0 atom stereocenters. The van der Waals surface area contributed by atoms with Crippen molar-refractivity contribution in [2.45, 2.75) is 20.8 Å². The summed E-state index contributed by atoms with van der Waals surface area (Å²) in [6.07, 6.45) is 0. The average Bonchev–Trinajstić information content (AvgIpc) is 2.40. The van der Waals surface area contributed by atoms with E-state index in [1.54, 1.807) is 0 Å². The molecule has 1 aromatic carbocycles. The first-order valence-electron chi connectivity index (χ1n) is 7.13. The molecule has 4 nitrogen and oxygen atoms in total. The highest BCUT2D eigenvalue weighted by atomic mass is 16.2. The molecule has 4 heteroatoms. The van der Waals surface area contributed by atoms with Crippen molar-refractivity contribution in [3.05, 3.63) is 30.3 Å². The molecule has 0 bridgehead atoms. The number of para-hydroxylation sites is 1. The highest BCUT2D eigenvalue weighted by Crippen LogP contribution is 2.16. The van der Waals surface area contributed by atoms with Crippen LogP contribution in [-0.4, -0.2) is 44.0 Å². The molecule has 0 radical (unpaired) electrons. The largest absolute Gasteiger partial charge is 0.330 e. The molecule has 0 fully saturated rings. The van der Waals surface area contributed by atoms with Crippen molar-refractivity contribution < 1.29 is 4.79 Å². The van der Waals surface area contributed by atoms with Crippen molar-refractivity contribution in [1.29, 1.82) is 0 Å². The van der Waals surface area contributed by atoms with E-state index in [-0.39, 0.29) is 11.3 Å². The monoisotopic (exact) mass is 277 g/mol. The van der Waals surface area contributed by atoms with Gasteiger partial charge in [-0.1, -0.05) is 32.0 Å². The van der Waals surface area contributed by atoms with Gasteiger partial charge in [0.2, 0.25) is 5.91 Å². The van der Waals surface area contributed by atoms with Gasteiger partial charge in [0.25, 0.3) is 0 Å². The van der Waals surface area contributed by atoms with Crippen LogP contribution < -0.4 is 10.6 Å². The highest BCUT2D eigenvalue weighted by Gasteiger charge is 2.21. The fraction of sp³-hybridized carbons (Fsp3) is 0.562. The van der Waals surface area contributed by atoms with Gasteiger partial charge < -0.3 is 10.6 Å². The van der Waals surface area contributed by atoms with Crippen molar-refractivity contribution in [2.24, 2.45) is 11.1 Å². The zero-order chi connectivity index (χ0) is 15.2. The fourth-order valence-electron chi connectivity index (χ4n) is 2.28. The third-order valence-corrected chi connectivity index (χ3v) is 3.34. The Hall–Kier alpha value is -1.39. The fourth-order valence-corrected chi connectivity index (χ4v) is 2.28. The van der Waals surface area contributed by atoms with Crippen molar-refractivity contribution in [2.75, 3.05) is 38.1 Å². The van der Waals surface area contributed by atoms with Crippen LogP contribution >= 0.6 is 0 Å². The maximum Gasteiger partial charge on any atom is 0.241 e. The molecule has 0 saturated carbocycles. The van der Waals surface area contributed by atoms with Crippen molar-refractivity contribution in [3.8, 4) is 0 Å². The van der Waals surface area contributed by atoms with Gasteiger partial charge in [-0.05, 0) is 38.1 Å². The van der Waals surface area contributed by atoms with Crippen LogP contribution in [0.1, 0.15) is 20.8 Å². The average molecular weight is 277 g/mol.